The van der Waals surface area contributed by atoms with E-state index in [0.717, 1.165) is 54.6 Å². The number of benzene rings is 1. The second kappa shape index (κ2) is 69.3. The second-order valence-electron chi connectivity index (χ2n) is 77.5. The highest BCUT2D eigenvalue weighted by atomic mass is 16.5. The average Bonchev–Trinajstić information content (AvgIpc) is 0.791. The Morgan fingerprint density at radius 1 is 0.207 bits per heavy atom. The van der Waals surface area contributed by atoms with Crippen molar-refractivity contribution in [3.63, 3.8) is 0 Å². The zero-order valence-electron chi connectivity index (χ0n) is 121. The van der Waals surface area contributed by atoms with Gasteiger partial charge in [-0.25, -0.2) is 0 Å². The van der Waals surface area contributed by atoms with Gasteiger partial charge in [0.15, 0.2) is 0 Å². The minimum Gasteiger partial charge on any atom is -0.380 e. The number of hydrogen-bond donors (Lipinski definition) is 0. The Kier molecular flexibility index (Phi) is 77.0. The molecule has 2 heteroatoms. The molecule has 1 rings (SSSR count). The van der Waals surface area contributed by atoms with Gasteiger partial charge in [0.1, 0.15) is 0 Å². The highest BCUT2D eigenvalue weighted by Crippen LogP contribution is 2.55. The summed E-state index contributed by atoms with van der Waals surface area (Å²) in [5.41, 5.74) is 11.4. The van der Waals surface area contributed by atoms with Crippen LogP contribution in [0.3, 0.4) is 0 Å². The maximum Gasteiger partial charge on any atom is 0.0523 e. The van der Waals surface area contributed by atoms with E-state index < -0.39 is 0 Å². The molecule has 0 aromatic heterocycles. The summed E-state index contributed by atoms with van der Waals surface area (Å²) in [7, 11) is 0. The fraction of sp³-hybridized carbons (Fsp3) is 0.959. The molecular weight excluding hydrogens is 1810 g/mol. The summed E-state index contributed by atoms with van der Waals surface area (Å²) in [6, 6.07) is 10.6. The summed E-state index contributed by atoms with van der Waals surface area (Å²) in [6.07, 6.45) is 37.1. The van der Waals surface area contributed by atoms with Crippen molar-refractivity contribution in [3.8, 4) is 0 Å². The van der Waals surface area contributed by atoms with Crippen molar-refractivity contribution < 1.29 is 4.74 Å². The summed E-state index contributed by atoms with van der Waals surface area (Å²) in [6.45, 7) is 187. The van der Waals surface area contributed by atoms with E-state index in [-0.39, 0.29) is 43.3 Å². The number of unbranched alkanes of at least 4 members (excludes halogenated alkanes) is 2. The molecule has 0 spiro atoms. The van der Waals surface area contributed by atoms with Crippen LogP contribution in [0.5, 0.6) is 0 Å². The van der Waals surface area contributed by atoms with Gasteiger partial charge in [-0.05, 0) is 356 Å². The lowest BCUT2D eigenvalue weighted by Gasteiger charge is -2.48. The first kappa shape index (κ1) is 167. The first-order chi connectivity index (χ1) is 65.2. The quantitative estimate of drug-likeness (QED) is 0.0609. The monoisotopic (exact) mass is 2120 g/mol. The molecule has 0 aliphatic rings. The van der Waals surface area contributed by atoms with Gasteiger partial charge in [-0.3, -0.25) is 0 Å². The van der Waals surface area contributed by atoms with Crippen LogP contribution in [-0.4, -0.2) is 37.7 Å². The topological polar surface area (TPSA) is 12.5 Å². The molecule has 0 heterocycles. The van der Waals surface area contributed by atoms with Crippen LogP contribution in [0.1, 0.15) is 718 Å². The van der Waals surface area contributed by atoms with Crippen LogP contribution in [0, 0.1) is 171 Å². The predicted octanol–water partition coefficient (Wildman–Crippen LogP) is 52.6. The second-order valence-corrected chi connectivity index (χ2v) is 77.5. The van der Waals surface area contributed by atoms with E-state index in [4.69, 9.17) is 4.74 Å². The van der Waals surface area contributed by atoms with E-state index in [0.29, 0.717) is 92.1 Å². The van der Waals surface area contributed by atoms with Crippen molar-refractivity contribution >= 4 is 0 Å². The molecular formula is C148H309NO. The van der Waals surface area contributed by atoms with Crippen molar-refractivity contribution in [3.05, 3.63) is 35.9 Å². The Bertz CT molecular complexity index is 3030. The standard InChI is InChI=1S/C34H70O.C18H39N.C18H38.2C15H32.2C13H28.C10H14.C10H22.C2H6/c1-27(2,3)19-33(20-28(4,5)6,21-29(7,8)9)25-35-26-34(22-30(10,11)12,23-31(13,14)15)24-32(16,17)18;1-16(2,3)10-13-19(14-11-17(4,5)6)15-12-18(7,8)9;1-14(2)10-18(11-15(3)4,12-16(5)6)13-17(7,8)9;1-13(2,3)10-12(15(7,8)9)11-14(4,5)6;1-8-15(9-12(2)3,10-13(4)5)11-14(6)7;1-11(2,3)9-13(7,8)10-12(4,5)6;1-12(2,3)10-8-7-9-11-13(4,5)6;1-10(2,3)9-7-5-4-6-8-9;1-9(2,3)7-8-10(4,5)6;1-2/h19-26H2,1-18H3;10-15H2,1-9H3;14-16H,10-13H2,1-9H3;12H,10-11H2,1-9H3;12-14H,8-11H2,1-7H3;9-10H2,1-8H3;7-11H2,1-6H3;4-8H,1-3H3;7-8H2,1-6H3;1-2H3. The molecule has 1 aromatic carbocycles. The zero-order valence-corrected chi connectivity index (χ0v) is 121. The number of hydrogen-bond acceptors (Lipinski definition) is 2. The Morgan fingerprint density at radius 2 is 0.400 bits per heavy atom. The molecule has 150 heavy (non-hydrogen) atoms. The molecule has 2 nitrogen and oxygen atoms in total. The van der Waals surface area contributed by atoms with Crippen LogP contribution in [0.15, 0.2) is 30.3 Å². The van der Waals surface area contributed by atoms with E-state index in [1.165, 1.54) is 205 Å². The highest BCUT2D eigenvalue weighted by Gasteiger charge is 2.46. The van der Waals surface area contributed by atoms with Crippen LogP contribution < -0.4 is 0 Å². The van der Waals surface area contributed by atoms with Crippen molar-refractivity contribution in [2.45, 2.75) is 718 Å². The molecule has 0 radical (unpaired) electrons. The van der Waals surface area contributed by atoms with Crippen molar-refractivity contribution in [1.29, 1.82) is 0 Å². The van der Waals surface area contributed by atoms with Crippen LogP contribution in [0.25, 0.3) is 0 Å². The van der Waals surface area contributed by atoms with Crippen molar-refractivity contribution in [2.24, 2.45) is 171 Å². The average molecular weight is 2120 g/mol. The normalized spacial score (nSPS) is 14.1. The van der Waals surface area contributed by atoms with Gasteiger partial charge in [-0.15, -0.1) is 0 Å². The first-order valence-electron chi connectivity index (χ1n) is 63.6. The molecule has 0 fully saturated rings. The Morgan fingerprint density at radius 3 is 0.553 bits per heavy atom. The maximum absolute atomic E-state index is 7.04. The van der Waals surface area contributed by atoms with Gasteiger partial charge >= 0.3 is 0 Å². The molecule has 0 saturated carbocycles. The van der Waals surface area contributed by atoms with E-state index in [1.54, 1.807) is 0 Å². The van der Waals surface area contributed by atoms with Crippen LogP contribution in [0.2, 0.25) is 0 Å². The molecule has 0 bridgehead atoms. The molecule has 0 unspecified atom stereocenters. The Balaban J connectivity index is -0.000000219. The van der Waals surface area contributed by atoms with Gasteiger partial charge < -0.3 is 9.64 Å². The fourth-order valence-corrected chi connectivity index (χ4v) is 25.5. The van der Waals surface area contributed by atoms with E-state index in [2.05, 4.69) is 555 Å². The lowest BCUT2D eigenvalue weighted by atomic mass is 9.60. The number of rotatable bonds is 39. The molecule has 0 atom stereocenters. The number of ether oxygens (including phenoxy) is 1. The number of nitrogens with zero attached hydrogens (tertiary/aromatic N) is 1. The molecule has 912 valence electrons. The molecule has 0 saturated heterocycles. The third kappa shape index (κ3) is 124. The van der Waals surface area contributed by atoms with Crippen molar-refractivity contribution in [1.82, 2.24) is 4.90 Å². The molecule has 0 aliphatic carbocycles. The minimum absolute atomic E-state index is 0.186. The van der Waals surface area contributed by atoms with Gasteiger partial charge in [0.25, 0.3) is 0 Å². The van der Waals surface area contributed by atoms with E-state index in [1.807, 2.05) is 13.8 Å². The van der Waals surface area contributed by atoms with Gasteiger partial charge in [-0.2, -0.15) is 0 Å². The molecule has 0 aliphatic heterocycles. The third-order valence-corrected chi connectivity index (χ3v) is 27.1. The van der Waals surface area contributed by atoms with E-state index in [9.17, 15) is 0 Å². The summed E-state index contributed by atoms with van der Waals surface area (Å²) in [5, 5.41) is 0. The van der Waals surface area contributed by atoms with Crippen LogP contribution in [-0.2, 0) is 10.2 Å². The van der Waals surface area contributed by atoms with Gasteiger partial charge in [-0.1, -0.05) is 589 Å². The lowest BCUT2D eigenvalue weighted by Crippen LogP contribution is -2.42. The maximum atomic E-state index is 7.04. The Hall–Kier alpha value is -0.860. The smallest absolute Gasteiger partial charge is 0.0523 e. The minimum atomic E-state index is 0.186. The molecule has 0 amide bonds. The Labute approximate surface area is 961 Å². The third-order valence-electron chi connectivity index (χ3n) is 27.1. The SMILES string of the molecule is CC.CC(C)(C)CC(C)(C)CC(C)(C)C.CC(C)(C)CC(CC(C)(C)C)C(C)(C)C.CC(C)(C)CC(COCC(CC(C)(C)C)(CC(C)(C)C)CC(C)(C)C)(CC(C)(C)C)CC(C)(C)C.CC(C)(C)CCC(C)(C)C.CC(C)(C)CCCCCC(C)(C)C.CC(C)(C)CCN(CCC(C)(C)C)CCC(C)(C)C.CC(C)(C)c1ccccc1.CC(C)CC(CC(C)C)(CC(C)C)CC(C)(C)C.CCC(CC(C)C)(CC(C)C)CC(C)C. The molecule has 1 aromatic rings. The van der Waals surface area contributed by atoms with Gasteiger partial charge in [0.2, 0.25) is 0 Å². The van der Waals surface area contributed by atoms with Crippen LogP contribution in [0.4, 0.5) is 0 Å². The van der Waals surface area contributed by atoms with E-state index >= 15 is 0 Å². The summed E-state index contributed by atoms with van der Waals surface area (Å²) < 4.78 is 7.04. The lowest BCUT2D eigenvalue weighted by molar-refractivity contribution is -0.0807. The predicted molar refractivity (Wildman–Crippen MR) is 704 cm³/mol. The van der Waals surface area contributed by atoms with Gasteiger partial charge in [0.05, 0.1) is 13.2 Å². The van der Waals surface area contributed by atoms with Crippen LogP contribution >= 0.6 is 0 Å². The van der Waals surface area contributed by atoms with Crippen molar-refractivity contribution in [2.75, 3.05) is 32.8 Å². The zero-order chi connectivity index (χ0) is 122. The summed E-state index contributed by atoms with van der Waals surface area (Å²) >= 11 is 0. The largest absolute Gasteiger partial charge is 0.380 e. The van der Waals surface area contributed by atoms with Gasteiger partial charge in [0, 0.05) is 0 Å². The highest BCUT2D eigenvalue weighted by molar-refractivity contribution is 5.22. The summed E-state index contributed by atoms with van der Waals surface area (Å²) in [5.74, 6) is 5.75. The molecule has 0 N–H and O–H groups in total. The fourth-order valence-electron chi connectivity index (χ4n) is 25.5. The first-order valence-corrected chi connectivity index (χ1v) is 63.6. The summed E-state index contributed by atoms with van der Waals surface area (Å²) in [4.78, 5) is 2.68.